The standard InChI is InChI=1S/C15H13BrN4OS/c16-11-6-8-13(9-7-11)22-10-14-17-18-15(21)20(14)19-12-4-2-1-3-5-12/h1-9,19H,10H2,(H,18,21). The second kappa shape index (κ2) is 6.85. The Morgan fingerprint density at radius 1 is 1.14 bits per heavy atom. The third-order valence-electron chi connectivity index (χ3n) is 2.94. The number of benzene rings is 2. The molecule has 0 fully saturated rings. The molecule has 112 valence electrons. The van der Waals surface area contributed by atoms with Gasteiger partial charge in [0.2, 0.25) is 0 Å². The number of nitrogens with zero attached hydrogens (tertiary/aromatic N) is 2. The SMILES string of the molecule is O=c1[nH]nc(CSc2ccc(Br)cc2)n1Nc1ccccc1. The van der Waals surface area contributed by atoms with E-state index in [1.807, 2.05) is 54.6 Å². The van der Waals surface area contributed by atoms with Crippen LogP contribution in [0.1, 0.15) is 5.82 Å². The molecule has 0 radical (unpaired) electrons. The first kappa shape index (κ1) is 14.9. The van der Waals surface area contributed by atoms with E-state index < -0.39 is 0 Å². The molecule has 2 aromatic carbocycles. The lowest BCUT2D eigenvalue weighted by molar-refractivity contribution is 0.854. The third-order valence-corrected chi connectivity index (χ3v) is 4.47. The first-order chi connectivity index (χ1) is 10.7. The van der Waals surface area contributed by atoms with E-state index in [2.05, 4.69) is 31.6 Å². The normalized spacial score (nSPS) is 10.6. The van der Waals surface area contributed by atoms with Crippen LogP contribution in [-0.4, -0.2) is 14.9 Å². The number of aromatic amines is 1. The van der Waals surface area contributed by atoms with Gasteiger partial charge in [-0.3, -0.25) is 5.43 Å². The summed E-state index contributed by atoms with van der Waals surface area (Å²) in [7, 11) is 0. The number of aromatic nitrogens is 3. The maximum Gasteiger partial charge on any atom is 0.362 e. The van der Waals surface area contributed by atoms with Crippen LogP contribution in [0.4, 0.5) is 5.69 Å². The number of rotatable bonds is 5. The molecule has 7 heteroatoms. The number of H-pyrrole nitrogens is 1. The Kier molecular flexibility index (Phi) is 4.65. The van der Waals surface area contributed by atoms with Crippen LogP contribution in [0.2, 0.25) is 0 Å². The first-order valence-electron chi connectivity index (χ1n) is 6.59. The molecule has 3 rings (SSSR count). The van der Waals surface area contributed by atoms with Gasteiger partial charge in [-0.25, -0.2) is 9.89 Å². The smallest absolute Gasteiger partial charge is 0.289 e. The Labute approximate surface area is 139 Å². The van der Waals surface area contributed by atoms with Crippen LogP contribution in [0, 0.1) is 0 Å². The largest absolute Gasteiger partial charge is 0.362 e. The monoisotopic (exact) mass is 376 g/mol. The third kappa shape index (κ3) is 3.61. The van der Waals surface area contributed by atoms with Crippen molar-refractivity contribution in [1.29, 1.82) is 0 Å². The molecule has 1 aromatic heterocycles. The molecular formula is C15H13BrN4OS. The van der Waals surface area contributed by atoms with E-state index in [4.69, 9.17) is 0 Å². The summed E-state index contributed by atoms with van der Waals surface area (Å²) in [6.45, 7) is 0. The molecule has 0 aliphatic carbocycles. The van der Waals surface area contributed by atoms with Crippen molar-refractivity contribution in [2.75, 3.05) is 5.43 Å². The molecule has 0 bridgehead atoms. The Morgan fingerprint density at radius 2 is 1.86 bits per heavy atom. The molecule has 3 aromatic rings. The summed E-state index contributed by atoms with van der Waals surface area (Å²) in [6, 6.07) is 17.5. The van der Waals surface area contributed by atoms with Crippen molar-refractivity contribution in [3.63, 3.8) is 0 Å². The molecule has 0 aliphatic heterocycles. The van der Waals surface area contributed by atoms with Gasteiger partial charge in [0.25, 0.3) is 0 Å². The van der Waals surface area contributed by atoms with Gasteiger partial charge in [-0.05, 0) is 36.4 Å². The highest BCUT2D eigenvalue weighted by Crippen LogP contribution is 2.23. The van der Waals surface area contributed by atoms with Crippen LogP contribution in [0.5, 0.6) is 0 Å². The average molecular weight is 377 g/mol. The fourth-order valence-electron chi connectivity index (χ4n) is 1.86. The van der Waals surface area contributed by atoms with Crippen LogP contribution in [-0.2, 0) is 5.75 Å². The van der Waals surface area contributed by atoms with Gasteiger partial charge in [0.05, 0.1) is 11.4 Å². The Morgan fingerprint density at radius 3 is 2.59 bits per heavy atom. The zero-order chi connectivity index (χ0) is 15.4. The number of nitrogens with one attached hydrogen (secondary N) is 2. The molecular weight excluding hydrogens is 364 g/mol. The summed E-state index contributed by atoms with van der Waals surface area (Å²) >= 11 is 5.03. The van der Waals surface area contributed by atoms with Crippen molar-refractivity contribution in [1.82, 2.24) is 14.9 Å². The first-order valence-corrected chi connectivity index (χ1v) is 8.37. The van der Waals surface area contributed by atoms with Gasteiger partial charge in [-0.2, -0.15) is 9.77 Å². The highest BCUT2D eigenvalue weighted by Gasteiger charge is 2.09. The molecule has 1 heterocycles. The highest BCUT2D eigenvalue weighted by atomic mass is 79.9. The van der Waals surface area contributed by atoms with E-state index in [0.717, 1.165) is 15.1 Å². The van der Waals surface area contributed by atoms with Crippen LogP contribution in [0.3, 0.4) is 0 Å². The molecule has 0 saturated heterocycles. The lowest BCUT2D eigenvalue weighted by Gasteiger charge is -2.08. The molecule has 0 atom stereocenters. The van der Waals surface area contributed by atoms with E-state index in [0.29, 0.717) is 11.6 Å². The highest BCUT2D eigenvalue weighted by molar-refractivity contribution is 9.10. The van der Waals surface area contributed by atoms with Crippen LogP contribution < -0.4 is 11.1 Å². The van der Waals surface area contributed by atoms with E-state index >= 15 is 0 Å². The summed E-state index contributed by atoms with van der Waals surface area (Å²) < 4.78 is 2.47. The summed E-state index contributed by atoms with van der Waals surface area (Å²) in [5.74, 6) is 1.22. The molecule has 22 heavy (non-hydrogen) atoms. The molecule has 2 N–H and O–H groups in total. The maximum atomic E-state index is 11.9. The maximum absolute atomic E-state index is 11.9. The van der Waals surface area contributed by atoms with Gasteiger partial charge >= 0.3 is 5.69 Å². The Hall–Kier alpha value is -1.99. The molecule has 0 unspecified atom stereocenters. The summed E-state index contributed by atoms with van der Waals surface area (Å²) in [5, 5.41) is 6.55. The van der Waals surface area contributed by atoms with Crippen molar-refractivity contribution < 1.29 is 0 Å². The molecule has 0 aliphatic rings. The van der Waals surface area contributed by atoms with E-state index in [9.17, 15) is 4.79 Å². The van der Waals surface area contributed by atoms with E-state index in [1.165, 1.54) is 4.68 Å². The van der Waals surface area contributed by atoms with E-state index in [1.54, 1.807) is 11.8 Å². The number of para-hydroxylation sites is 1. The van der Waals surface area contributed by atoms with Gasteiger partial charge < -0.3 is 0 Å². The minimum absolute atomic E-state index is 0.282. The predicted molar refractivity (Wildman–Crippen MR) is 92.0 cm³/mol. The summed E-state index contributed by atoms with van der Waals surface area (Å²) in [6.07, 6.45) is 0. The molecule has 0 amide bonds. The Balaban J connectivity index is 1.74. The fourth-order valence-corrected chi connectivity index (χ4v) is 2.94. The molecule has 0 saturated carbocycles. The molecule has 0 spiro atoms. The molecule has 5 nitrogen and oxygen atoms in total. The van der Waals surface area contributed by atoms with Gasteiger partial charge in [0.15, 0.2) is 5.82 Å². The van der Waals surface area contributed by atoms with Gasteiger partial charge in [0.1, 0.15) is 0 Å². The number of anilines is 1. The lowest BCUT2D eigenvalue weighted by atomic mass is 10.3. The lowest BCUT2D eigenvalue weighted by Crippen LogP contribution is -2.25. The van der Waals surface area contributed by atoms with E-state index in [-0.39, 0.29) is 5.69 Å². The second-order valence-corrected chi connectivity index (χ2v) is 6.47. The number of hydrogen-bond acceptors (Lipinski definition) is 4. The number of thioether (sulfide) groups is 1. The average Bonchev–Trinajstić information content (AvgIpc) is 2.88. The predicted octanol–water partition coefficient (Wildman–Crippen LogP) is 3.50. The Bertz CT molecular complexity index is 798. The minimum Gasteiger partial charge on any atom is -0.289 e. The van der Waals surface area contributed by atoms with Crippen LogP contribution in [0.25, 0.3) is 0 Å². The van der Waals surface area contributed by atoms with Crippen molar-refractivity contribution in [3.05, 3.63) is 75.4 Å². The van der Waals surface area contributed by atoms with Crippen LogP contribution >= 0.6 is 27.7 Å². The van der Waals surface area contributed by atoms with Crippen LogP contribution in [0.15, 0.2) is 68.8 Å². The second-order valence-electron chi connectivity index (χ2n) is 4.50. The fraction of sp³-hybridized carbons (Fsp3) is 0.0667. The van der Waals surface area contributed by atoms with Gasteiger partial charge in [0, 0.05) is 9.37 Å². The van der Waals surface area contributed by atoms with Crippen molar-refractivity contribution in [3.8, 4) is 0 Å². The number of halogens is 1. The minimum atomic E-state index is -0.282. The number of hydrogen-bond donors (Lipinski definition) is 2. The van der Waals surface area contributed by atoms with Crippen molar-refractivity contribution in [2.45, 2.75) is 10.6 Å². The van der Waals surface area contributed by atoms with Crippen molar-refractivity contribution >= 4 is 33.4 Å². The summed E-state index contributed by atoms with van der Waals surface area (Å²) in [5.41, 5.74) is 3.61. The van der Waals surface area contributed by atoms with Gasteiger partial charge in [-0.15, -0.1) is 11.8 Å². The van der Waals surface area contributed by atoms with Gasteiger partial charge in [-0.1, -0.05) is 34.1 Å². The quantitative estimate of drug-likeness (QED) is 0.668. The van der Waals surface area contributed by atoms with Crippen molar-refractivity contribution in [2.24, 2.45) is 0 Å². The zero-order valence-corrected chi connectivity index (χ0v) is 13.9. The topological polar surface area (TPSA) is 62.7 Å². The summed E-state index contributed by atoms with van der Waals surface area (Å²) in [4.78, 5) is 13.0. The zero-order valence-electron chi connectivity index (χ0n) is 11.5.